The molecule has 0 aliphatic carbocycles. The average molecular weight is 311 g/mol. The molecule has 5 heteroatoms. The van der Waals surface area contributed by atoms with Gasteiger partial charge in [0.25, 0.3) is 5.91 Å². The average Bonchev–Trinajstić information content (AvgIpc) is 3.05. The standard InChI is InChI=1S/C18H21N3O2/c1-2-23-17-7-5-14(6-8-17)18(22)21-11-9-16(13-21)20-15-4-3-10-19-12-15/h3-8,10,12,16,20H,2,9,11,13H2,1H3/t16-/m1/s1. The van der Waals surface area contributed by atoms with Crippen molar-refractivity contribution in [1.82, 2.24) is 9.88 Å². The summed E-state index contributed by atoms with van der Waals surface area (Å²) in [7, 11) is 0. The van der Waals surface area contributed by atoms with E-state index >= 15 is 0 Å². The fraction of sp³-hybridized carbons (Fsp3) is 0.333. The quantitative estimate of drug-likeness (QED) is 0.922. The molecule has 3 rings (SSSR count). The molecule has 1 fully saturated rings. The molecule has 23 heavy (non-hydrogen) atoms. The summed E-state index contributed by atoms with van der Waals surface area (Å²) in [6.07, 6.45) is 4.50. The van der Waals surface area contributed by atoms with Gasteiger partial charge in [-0.2, -0.15) is 0 Å². The summed E-state index contributed by atoms with van der Waals surface area (Å²) in [4.78, 5) is 18.5. The molecule has 1 aromatic heterocycles. The third-order valence-corrected chi connectivity index (χ3v) is 3.92. The van der Waals surface area contributed by atoms with Crippen molar-refractivity contribution in [3.63, 3.8) is 0 Å². The molecule has 2 heterocycles. The Labute approximate surface area is 136 Å². The van der Waals surface area contributed by atoms with E-state index in [4.69, 9.17) is 4.74 Å². The maximum absolute atomic E-state index is 12.6. The Morgan fingerprint density at radius 2 is 2.17 bits per heavy atom. The number of likely N-dealkylation sites (tertiary alicyclic amines) is 1. The lowest BCUT2D eigenvalue weighted by atomic mass is 10.2. The van der Waals surface area contributed by atoms with Crippen LogP contribution in [0, 0.1) is 0 Å². The molecule has 0 radical (unpaired) electrons. The first-order valence-corrected chi connectivity index (χ1v) is 7.95. The van der Waals surface area contributed by atoms with E-state index in [1.807, 2.05) is 48.2 Å². The molecule has 1 aliphatic rings. The Balaban J connectivity index is 1.58. The molecular weight excluding hydrogens is 290 g/mol. The van der Waals surface area contributed by atoms with Gasteiger partial charge in [0.1, 0.15) is 5.75 Å². The summed E-state index contributed by atoms with van der Waals surface area (Å²) in [5, 5.41) is 3.43. The number of hydrogen-bond donors (Lipinski definition) is 1. The van der Waals surface area contributed by atoms with E-state index in [0.717, 1.165) is 24.4 Å². The van der Waals surface area contributed by atoms with Crippen LogP contribution in [0.1, 0.15) is 23.7 Å². The number of ether oxygens (including phenoxy) is 1. The van der Waals surface area contributed by atoms with Crippen LogP contribution in [-0.2, 0) is 0 Å². The summed E-state index contributed by atoms with van der Waals surface area (Å²) in [5.74, 6) is 0.866. The molecule has 120 valence electrons. The fourth-order valence-corrected chi connectivity index (χ4v) is 2.79. The Bertz CT molecular complexity index is 643. The van der Waals surface area contributed by atoms with Crippen molar-refractivity contribution in [3.05, 3.63) is 54.4 Å². The van der Waals surface area contributed by atoms with Gasteiger partial charge in [-0.1, -0.05) is 0 Å². The topological polar surface area (TPSA) is 54.5 Å². The Kier molecular flexibility index (Phi) is 4.76. The first kappa shape index (κ1) is 15.3. The molecule has 1 N–H and O–H groups in total. The van der Waals surface area contributed by atoms with E-state index in [-0.39, 0.29) is 11.9 Å². The molecule has 0 spiro atoms. The fourth-order valence-electron chi connectivity index (χ4n) is 2.79. The van der Waals surface area contributed by atoms with Gasteiger partial charge in [-0.15, -0.1) is 0 Å². The van der Waals surface area contributed by atoms with E-state index in [2.05, 4.69) is 10.3 Å². The van der Waals surface area contributed by atoms with E-state index in [0.29, 0.717) is 18.7 Å². The molecular formula is C18H21N3O2. The zero-order valence-corrected chi connectivity index (χ0v) is 13.2. The van der Waals surface area contributed by atoms with Crippen LogP contribution in [0.15, 0.2) is 48.8 Å². The molecule has 1 atom stereocenters. The molecule has 1 aliphatic heterocycles. The number of anilines is 1. The molecule has 0 bridgehead atoms. The number of benzene rings is 1. The summed E-state index contributed by atoms with van der Waals surface area (Å²) >= 11 is 0. The van der Waals surface area contributed by atoms with Crippen molar-refractivity contribution in [2.24, 2.45) is 0 Å². The van der Waals surface area contributed by atoms with Crippen LogP contribution in [0.5, 0.6) is 5.75 Å². The van der Waals surface area contributed by atoms with Crippen molar-refractivity contribution < 1.29 is 9.53 Å². The van der Waals surface area contributed by atoms with Crippen LogP contribution in [0.2, 0.25) is 0 Å². The van der Waals surface area contributed by atoms with E-state index in [9.17, 15) is 4.79 Å². The normalized spacial score (nSPS) is 17.1. The lowest BCUT2D eigenvalue weighted by Crippen LogP contribution is -2.31. The Morgan fingerprint density at radius 3 is 2.87 bits per heavy atom. The number of amides is 1. The molecule has 5 nitrogen and oxygen atoms in total. The van der Waals surface area contributed by atoms with Gasteiger partial charge < -0.3 is 15.0 Å². The van der Waals surface area contributed by atoms with Gasteiger partial charge in [0.2, 0.25) is 0 Å². The maximum atomic E-state index is 12.6. The summed E-state index contributed by atoms with van der Waals surface area (Å²) in [6.45, 7) is 4.05. The predicted octanol–water partition coefficient (Wildman–Crippen LogP) is 2.81. The summed E-state index contributed by atoms with van der Waals surface area (Å²) in [6, 6.07) is 11.5. The number of pyridine rings is 1. The highest BCUT2D eigenvalue weighted by molar-refractivity contribution is 5.94. The molecule has 0 saturated carbocycles. The number of nitrogens with one attached hydrogen (secondary N) is 1. The maximum Gasteiger partial charge on any atom is 0.253 e. The summed E-state index contributed by atoms with van der Waals surface area (Å²) < 4.78 is 5.41. The van der Waals surface area contributed by atoms with Gasteiger partial charge >= 0.3 is 0 Å². The number of carbonyl (C=O) groups excluding carboxylic acids is 1. The highest BCUT2D eigenvalue weighted by Crippen LogP contribution is 2.19. The molecule has 2 aromatic rings. The van der Waals surface area contributed by atoms with Crippen LogP contribution in [-0.4, -0.2) is 41.5 Å². The minimum Gasteiger partial charge on any atom is -0.494 e. The third-order valence-electron chi connectivity index (χ3n) is 3.92. The zero-order chi connectivity index (χ0) is 16.1. The monoisotopic (exact) mass is 311 g/mol. The minimum absolute atomic E-state index is 0.0727. The van der Waals surface area contributed by atoms with Crippen molar-refractivity contribution in [1.29, 1.82) is 0 Å². The SMILES string of the molecule is CCOc1ccc(C(=O)N2CC[C@@H](Nc3cccnc3)C2)cc1. The zero-order valence-electron chi connectivity index (χ0n) is 13.2. The van der Waals surface area contributed by atoms with Crippen LogP contribution in [0.4, 0.5) is 5.69 Å². The number of carbonyl (C=O) groups is 1. The molecule has 1 aromatic carbocycles. The molecule has 1 saturated heterocycles. The smallest absolute Gasteiger partial charge is 0.253 e. The Hall–Kier alpha value is -2.56. The number of aromatic nitrogens is 1. The van der Waals surface area contributed by atoms with Gasteiger partial charge in [-0.3, -0.25) is 9.78 Å². The highest BCUT2D eigenvalue weighted by atomic mass is 16.5. The first-order valence-electron chi connectivity index (χ1n) is 7.95. The van der Waals surface area contributed by atoms with Crippen molar-refractivity contribution in [3.8, 4) is 5.75 Å². The largest absolute Gasteiger partial charge is 0.494 e. The first-order chi connectivity index (χ1) is 11.3. The second-order valence-electron chi connectivity index (χ2n) is 5.58. The van der Waals surface area contributed by atoms with Gasteiger partial charge in [-0.05, 0) is 49.7 Å². The predicted molar refractivity (Wildman–Crippen MR) is 89.8 cm³/mol. The number of hydrogen-bond acceptors (Lipinski definition) is 4. The highest BCUT2D eigenvalue weighted by Gasteiger charge is 2.26. The molecule has 1 amide bonds. The van der Waals surface area contributed by atoms with Crippen molar-refractivity contribution in [2.75, 3.05) is 25.0 Å². The van der Waals surface area contributed by atoms with Gasteiger partial charge in [0.05, 0.1) is 12.3 Å². The van der Waals surface area contributed by atoms with Crippen LogP contribution < -0.4 is 10.1 Å². The Morgan fingerprint density at radius 1 is 1.35 bits per heavy atom. The number of nitrogens with zero attached hydrogens (tertiary/aromatic N) is 2. The number of rotatable bonds is 5. The van der Waals surface area contributed by atoms with Crippen molar-refractivity contribution >= 4 is 11.6 Å². The molecule has 0 unspecified atom stereocenters. The minimum atomic E-state index is 0.0727. The van der Waals surface area contributed by atoms with Gasteiger partial charge in [0.15, 0.2) is 0 Å². The van der Waals surface area contributed by atoms with E-state index in [1.165, 1.54) is 0 Å². The third kappa shape index (κ3) is 3.80. The van der Waals surface area contributed by atoms with Crippen molar-refractivity contribution in [2.45, 2.75) is 19.4 Å². The van der Waals surface area contributed by atoms with E-state index in [1.54, 1.807) is 12.4 Å². The van der Waals surface area contributed by atoms with E-state index < -0.39 is 0 Å². The summed E-state index contributed by atoms with van der Waals surface area (Å²) in [5.41, 5.74) is 1.70. The lowest BCUT2D eigenvalue weighted by Gasteiger charge is -2.18. The second kappa shape index (κ2) is 7.13. The van der Waals surface area contributed by atoms with Crippen LogP contribution >= 0.6 is 0 Å². The second-order valence-corrected chi connectivity index (χ2v) is 5.58. The van der Waals surface area contributed by atoms with Crippen LogP contribution in [0.3, 0.4) is 0 Å². The van der Waals surface area contributed by atoms with Gasteiger partial charge in [0, 0.05) is 37.1 Å². The van der Waals surface area contributed by atoms with Crippen LogP contribution in [0.25, 0.3) is 0 Å². The van der Waals surface area contributed by atoms with Gasteiger partial charge in [-0.25, -0.2) is 0 Å². The lowest BCUT2D eigenvalue weighted by molar-refractivity contribution is 0.0791.